The van der Waals surface area contributed by atoms with Gasteiger partial charge in [0.15, 0.2) is 0 Å². The van der Waals surface area contributed by atoms with Crippen LogP contribution >= 0.6 is 0 Å². The van der Waals surface area contributed by atoms with Gasteiger partial charge in [0, 0.05) is 6.04 Å². The Balaban J connectivity index is 2.11. The quantitative estimate of drug-likeness (QED) is 0.755. The Labute approximate surface area is 111 Å². The lowest BCUT2D eigenvalue weighted by Crippen LogP contribution is -2.30. The second kappa shape index (κ2) is 5.95. The van der Waals surface area contributed by atoms with Gasteiger partial charge in [-0.3, -0.25) is 4.79 Å². The molecule has 2 atom stereocenters. The molecule has 0 aliphatic carbocycles. The van der Waals surface area contributed by atoms with Gasteiger partial charge in [0.25, 0.3) is 5.56 Å². The molecule has 1 heterocycles. The fourth-order valence-electron chi connectivity index (χ4n) is 2.08. The number of benzene rings is 1. The van der Waals surface area contributed by atoms with Gasteiger partial charge in [-0.1, -0.05) is 12.1 Å². The van der Waals surface area contributed by atoms with Crippen molar-refractivity contribution in [2.75, 3.05) is 0 Å². The average molecular weight is 261 g/mol. The first-order chi connectivity index (χ1) is 9.06. The second-order valence-electron chi connectivity index (χ2n) is 4.90. The zero-order chi connectivity index (χ0) is 13.8. The Morgan fingerprint density at radius 1 is 1.37 bits per heavy atom. The van der Waals surface area contributed by atoms with E-state index in [0.717, 1.165) is 0 Å². The van der Waals surface area contributed by atoms with Crippen LogP contribution in [0.4, 0.5) is 0 Å². The Kier molecular flexibility index (Phi) is 4.29. The number of aliphatic hydroxyl groups excluding tert-OH is 1. The first-order valence-electron chi connectivity index (χ1n) is 6.45. The molecule has 0 aliphatic heterocycles. The van der Waals surface area contributed by atoms with E-state index in [9.17, 15) is 9.90 Å². The maximum atomic E-state index is 11.9. The van der Waals surface area contributed by atoms with Crippen LogP contribution in [-0.4, -0.2) is 27.2 Å². The number of hydrogen-bond acceptors (Lipinski definition) is 4. The van der Waals surface area contributed by atoms with Crippen molar-refractivity contribution in [3.05, 3.63) is 40.4 Å². The van der Waals surface area contributed by atoms with E-state index in [1.807, 2.05) is 25.1 Å². The van der Waals surface area contributed by atoms with Crippen LogP contribution in [0.1, 0.15) is 26.1 Å². The van der Waals surface area contributed by atoms with Gasteiger partial charge in [0.05, 0.1) is 23.6 Å². The van der Waals surface area contributed by atoms with Crippen LogP contribution in [0, 0.1) is 0 Å². The van der Waals surface area contributed by atoms with Crippen LogP contribution in [0.2, 0.25) is 0 Å². The Hall–Kier alpha value is -1.72. The maximum Gasteiger partial charge on any atom is 0.258 e. The van der Waals surface area contributed by atoms with E-state index in [1.165, 1.54) is 0 Å². The monoisotopic (exact) mass is 261 g/mol. The highest BCUT2D eigenvalue weighted by Crippen LogP contribution is 2.05. The number of aliphatic hydroxyl groups is 1. The van der Waals surface area contributed by atoms with Crippen molar-refractivity contribution in [1.29, 1.82) is 0 Å². The molecule has 2 aromatic rings. The third-order valence-corrected chi connectivity index (χ3v) is 2.97. The summed E-state index contributed by atoms with van der Waals surface area (Å²) in [5, 5.41) is 13.1. The summed E-state index contributed by atoms with van der Waals surface area (Å²) < 4.78 is 0. The van der Waals surface area contributed by atoms with Crippen LogP contribution < -0.4 is 10.9 Å². The number of nitrogens with one attached hydrogen (secondary N) is 2. The normalized spacial score (nSPS) is 14.5. The van der Waals surface area contributed by atoms with Gasteiger partial charge >= 0.3 is 0 Å². The predicted molar refractivity (Wildman–Crippen MR) is 75.0 cm³/mol. The van der Waals surface area contributed by atoms with E-state index >= 15 is 0 Å². The van der Waals surface area contributed by atoms with Crippen LogP contribution in [0.15, 0.2) is 29.1 Å². The summed E-state index contributed by atoms with van der Waals surface area (Å²) in [6.45, 7) is 4.23. The van der Waals surface area contributed by atoms with Gasteiger partial charge in [-0.2, -0.15) is 0 Å². The van der Waals surface area contributed by atoms with E-state index in [0.29, 0.717) is 29.7 Å². The number of H-pyrrole nitrogens is 1. The fourth-order valence-corrected chi connectivity index (χ4v) is 2.08. The van der Waals surface area contributed by atoms with Crippen molar-refractivity contribution in [2.24, 2.45) is 0 Å². The zero-order valence-corrected chi connectivity index (χ0v) is 11.2. The number of fused-ring (bicyclic) bond motifs is 1. The molecule has 0 fully saturated rings. The largest absolute Gasteiger partial charge is 0.393 e. The molecule has 5 nitrogen and oxygen atoms in total. The number of hydrogen-bond donors (Lipinski definition) is 3. The lowest BCUT2D eigenvalue weighted by atomic mass is 10.1. The molecule has 0 saturated heterocycles. The molecule has 0 saturated carbocycles. The second-order valence-corrected chi connectivity index (χ2v) is 4.90. The molecule has 0 aliphatic rings. The summed E-state index contributed by atoms with van der Waals surface area (Å²) in [7, 11) is 0. The Morgan fingerprint density at radius 3 is 2.84 bits per heavy atom. The predicted octanol–water partition coefficient (Wildman–Crippen LogP) is 1.17. The molecular weight excluding hydrogens is 242 g/mol. The van der Waals surface area contributed by atoms with E-state index < -0.39 is 0 Å². The molecule has 3 N–H and O–H groups in total. The molecule has 5 heteroatoms. The van der Waals surface area contributed by atoms with Crippen LogP contribution in [0.3, 0.4) is 0 Å². The zero-order valence-electron chi connectivity index (χ0n) is 11.2. The third kappa shape index (κ3) is 3.62. The van der Waals surface area contributed by atoms with Crippen molar-refractivity contribution < 1.29 is 5.11 Å². The van der Waals surface area contributed by atoms with E-state index in [2.05, 4.69) is 15.3 Å². The minimum absolute atomic E-state index is 0.120. The Bertz CT molecular complexity index is 607. The standard InChI is InChI=1S/C14H19N3O2/c1-9(7-10(2)18)15-8-13-16-12-6-4-3-5-11(12)14(19)17-13/h3-6,9-10,15,18H,7-8H2,1-2H3,(H,16,17,19). The summed E-state index contributed by atoms with van der Waals surface area (Å²) in [4.78, 5) is 19.0. The van der Waals surface area contributed by atoms with Crippen molar-refractivity contribution in [3.8, 4) is 0 Å². The van der Waals surface area contributed by atoms with Crippen molar-refractivity contribution in [1.82, 2.24) is 15.3 Å². The number of nitrogens with zero attached hydrogens (tertiary/aromatic N) is 1. The fraction of sp³-hybridized carbons (Fsp3) is 0.429. The maximum absolute atomic E-state index is 11.9. The summed E-state index contributed by atoms with van der Waals surface area (Å²) in [5.41, 5.74) is 0.580. The highest BCUT2D eigenvalue weighted by molar-refractivity contribution is 5.77. The van der Waals surface area contributed by atoms with Crippen LogP contribution in [0.5, 0.6) is 0 Å². The number of para-hydroxylation sites is 1. The number of aromatic amines is 1. The molecule has 2 unspecified atom stereocenters. The number of rotatable bonds is 5. The molecule has 19 heavy (non-hydrogen) atoms. The van der Waals surface area contributed by atoms with E-state index in [1.54, 1.807) is 13.0 Å². The van der Waals surface area contributed by atoms with Crippen LogP contribution in [-0.2, 0) is 6.54 Å². The first-order valence-corrected chi connectivity index (χ1v) is 6.45. The van der Waals surface area contributed by atoms with Crippen molar-refractivity contribution in [2.45, 2.75) is 39.0 Å². The minimum Gasteiger partial charge on any atom is -0.393 e. The van der Waals surface area contributed by atoms with Crippen LogP contribution in [0.25, 0.3) is 10.9 Å². The molecule has 1 aromatic heterocycles. The molecular formula is C14H19N3O2. The summed E-state index contributed by atoms with van der Waals surface area (Å²) in [6, 6.07) is 7.43. The molecule has 1 aromatic carbocycles. The highest BCUT2D eigenvalue weighted by atomic mass is 16.3. The van der Waals surface area contributed by atoms with Crippen molar-refractivity contribution >= 4 is 10.9 Å². The average Bonchev–Trinajstić information content (AvgIpc) is 2.36. The molecule has 0 spiro atoms. The van der Waals surface area contributed by atoms with Crippen molar-refractivity contribution in [3.63, 3.8) is 0 Å². The summed E-state index contributed by atoms with van der Waals surface area (Å²) in [5.74, 6) is 0.612. The molecule has 0 radical (unpaired) electrons. The molecule has 0 bridgehead atoms. The third-order valence-electron chi connectivity index (χ3n) is 2.97. The lowest BCUT2D eigenvalue weighted by Gasteiger charge is -2.14. The van der Waals surface area contributed by atoms with Gasteiger partial charge in [0.1, 0.15) is 5.82 Å². The van der Waals surface area contributed by atoms with Gasteiger partial charge < -0.3 is 15.4 Å². The van der Waals surface area contributed by atoms with Gasteiger partial charge in [0.2, 0.25) is 0 Å². The minimum atomic E-state index is -0.342. The Morgan fingerprint density at radius 2 is 2.11 bits per heavy atom. The first kappa shape index (κ1) is 13.7. The van der Waals surface area contributed by atoms with Gasteiger partial charge in [-0.25, -0.2) is 4.98 Å². The lowest BCUT2D eigenvalue weighted by molar-refractivity contribution is 0.170. The molecule has 102 valence electrons. The summed E-state index contributed by atoms with van der Waals surface area (Å²) in [6.07, 6.45) is 0.323. The van der Waals surface area contributed by atoms with E-state index in [4.69, 9.17) is 0 Å². The smallest absolute Gasteiger partial charge is 0.258 e. The molecule has 0 amide bonds. The number of aromatic nitrogens is 2. The van der Waals surface area contributed by atoms with E-state index in [-0.39, 0.29) is 17.7 Å². The van der Waals surface area contributed by atoms with Gasteiger partial charge in [-0.05, 0) is 32.4 Å². The van der Waals surface area contributed by atoms with Gasteiger partial charge in [-0.15, -0.1) is 0 Å². The SMILES string of the molecule is CC(O)CC(C)NCc1nc2ccccc2c(=O)[nH]1. The topological polar surface area (TPSA) is 78.0 Å². The molecule has 2 rings (SSSR count). The highest BCUT2D eigenvalue weighted by Gasteiger charge is 2.07. The summed E-state index contributed by atoms with van der Waals surface area (Å²) >= 11 is 0.